The van der Waals surface area contributed by atoms with Gasteiger partial charge in [-0.1, -0.05) is 19.4 Å². The van der Waals surface area contributed by atoms with Crippen LogP contribution >= 0.6 is 0 Å². The van der Waals surface area contributed by atoms with Gasteiger partial charge in [-0.3, -0.25) is 0 Å². The molecule has 0 aliphatic carbocycles. The molecule has 0 amide bonds. The first kappa shape index (κ1) is 13.8. The third-order valence-electron chi connectivity index (χ3n) is 2.72. The molecule has 0 aliphatic rings. The summed E-state index contributed by atoms with van der Waals surface area (Å²) in [4.78, 5) is 0. The molecule has 1 aromatic rings. The van der Waals surface area contributed by atoms with E-state index in [1.165, 1.54) is 0 Å². The van der Waals surface area contributed by atoms with Crippen LogP contribution in [0.3, 0.4) is 0 Å². The summed E-state index contributed by atoms with van der Waals surface area (Å²) in [5.41, 5.74) is 6.92. The van der Waals surface area contributed by atoms with E-state index in [4.69, 9.17) is 15.2 Å². The molecule has 3 heteroatoms. The highest BCUT2D eigenvalue weighted by Gasteiger charge is 2.15. The van der Waals surface area contributed by atoms with E-state index in [1.807, 2.05) is 25.1 Å². The molecule has 0 saturated heterocycles. The average molecular weight is 237 g/mol. The van der Waals surface area contributed by atoms with Gasteiger partial charge in [-0.05, 0) is 32.4 Å². The van der Waals surface area contributed by atoms with Crippen LogP contribution in [-0.4, -0.2) is 13.2 Å². The Hall–Kier alpha value is -1.22. The Morgan fingerprint density at radius 1 is 1.24 bits per heavy atom. The van der Waals surface area contributed by atoms with Crippen molar-refractivity contribution in [1.82, 2.24) is 0 Å². The monoisotopic (exact) mass is 237 g/mol. The number of ether oxygens (including phenoxy) is 2. The van der Waals surface area contributed by atoms with Crippen molar-refractivity contribution < 1.29 is 9.47 Å². The molecule has 1 aromatic carbocycles. The van der Waals surface area contributed by atoms with E-state index in [1.54, 1.807) is 7.11 Å². The second-order valence-corrected chi connectivity index (χ2v) is 4.38. The number of nitrogens with two attached hydrogens (primary N) is 1. The molecular weight excluding hydrogens is 214 g/mol. The van der Waals surface area contributed by atoms with Crippen molar-refractivity contribution in [2.45, 2.75) is 45.8 Å². The average Bonchev–Trinajstić information content (AvgIpc) is 2.28. The predicted octanol–water partition coefficient (Wildman–Crippen LogP) is 3.28. The molecule has 0 heterocycles. The van der Waals surface area contributed by atoms with Crippen molar-refractivity contribution in [3.8, 4) is 11.5 Å². The van der Waals surface area contributed by atoms with Gasteiger partial charge in [0.1, 0.15) is 11.5 Å². The van der Waals surface area contributed by atoms with Crippen LogP contribution in [0.15, 0.2) is 18.2 Å². The predicted molar refractivity (Wildman–Crippen MR) is 70.6 cm³/mol. The number of benzene rings is 1. The zero-order valence-corrected chi connectivity index (χ0v) is 11.2. The second kappa shape index (κ2) is 6.50. The summed E-state index contributed by atoms with van der Waals surface area (Å²) in [6.07, 6.45) is 2.35. The highest BCUT2D eigenvalue weighted by molar-refractivity contribution is 5.46. The maximum Gasteiger partial charge on any atom is 0.128 e. The van der Waals surface area contributed by atoms with Crippen molar-refractivity contribution in [3.05, 3.63) is 23.8 Å². The van der Waals surface area contributed by atoms with Crippen LogP contribution in [0.4, 0.5) is 0 Å². The minimum atomic E-state index is -0.102. The van der Waals surface area contributed by atoms with Gasteiger partial charge >= 0.3 is 0 Å². The SMILES string of the molecule is CCCC(C)Oc1cccc(OC)c1[C@H](C)N. The highest BCUT2D eigenvalue weighted by atomic mass is 16.5. The second-order valence-electron chi connectivity index (χ2n) is 4.38. The minimum absolute atomic E-state index is 0.102. The van der Waals surface area contributed by atoms with Crippen LogP contribution in [0, 0.1) is 0 Å². The molecular formula is C14H23NO2. The van der Waals surface area contributed by atoms with Gasteiger partial charge in [0, 0.05) is 6.04 Å². The molecule has 17 heavy (non-hydrogen) atoms. The lowest BCUT2D eigenvalue weighted by atomic mass is 10.1. The van der Waals surface area contributed by atoms with Crippen LogP contribution in [0.5, 0.6) is 11.5 Å². The van der Waals surface area contributed by atoms with Gasteiger partial charge in [-0.25, -0.2) is 0 Å². The molecule has 2 atom stereocenters. The topological polar surface area (TPSA) is 44.5 Å². The fourth-order valence-electron chi connectivity index (χ4n) is 1.94. The van der Waals surface area contributed by atoms with E-state index < -0.39 is 0 Å². The lowest BCUT2D eigenvalue weighted by Gasteiger charge is -2.20. The summed E-state index contributed by atoms with van der Waals surface area (Å²) in [5.74, 6) is 1.63. The van der Waals surface area contributed by atoms with Crippen LogP contribution in [0.1, 0.15) is 45.2 Å². The maximum atomic E-state index is 5.98. The molecule has 3 nitrogen and oxygen atoms in total. The zero-order chi connectivity index (χ0) is 12.8. The number of hydrogen-bond donors (Lipinski definition) is 1. The maximum absolute atomic E-state index is 5.98. The molecule has 96 valence electrons. The van der Waals surface area contributed by atoms with Crippen LogP contribution < -0.4 is 15.2 Å². The molecule has 1 unspecified atom stereocenters. The normalized spacial score (nSPS) is 14.2. The minimum Gasteiger partial charge on any atom is -0.496 e. The van der Waals surface area contributed by atoms with Crippen LogP contribution in [-0.2, 0) is 0 Å². The van der Waals surface area contributed by atoms with Crippen molar-refractivity contribution in [2.75, 3.05) is 7.11 Å². The summed E-state index contributed by atoms with van der Waals surface area (Å²) in [7, 11) is 1.65. The molecule has 0 saturated carbocycles. The summed E-state index contributed by atoms with van der Waals surface area (Å²) in [6.45, 7) is 6.17. The Morgan fingerprint density at radius 3 is 2.41 bits per heavy atom. The Kier molecular flexibility index (Phi) is 5.29. The van der Waals surface area contributed by atoms with E-state index in [0.29, 0.717) is 0 Å². The largest absolute Gasteiger partial charge is 0.496 e. The van der Waals surface area contributed by atoms with Crippen LogP contribution in [0.25, 0.3) is 0 Å². The van der Waals surface area contributed by atoms with Gasteiger partial charge in [0.15, 0.2) is 0 Å². The summed E-state index contributed by atoms with van der Waals surface area (Å²) in [5, 5.41) is 0. The molecule has 0 bridgehead atoms. The third-order valence-corrected chi connectivity index (χ3v) is 2.72. The first-order valence-electron chi connectivity index (χ1n) is 6.19. The quantitative estimate of drug-likeness (QED) is 0.825. The van der Waals surface area contributed by atoms with E-state index in [-0.39, 0.29) is 12.1 Å². The molecule has 0 aliphatic heterocycles. The van der Waals surface area contributed by atoms with Gasteiger partial charge in [0.05, 0.1) is 18.8 Å². The van der Waals surface area contributed by atoms with Gasteiger partial charge in [-0.15, -0.1) is 0 Å². The lowest BCUT2D eigenvalue weighted by molar-refractivity contribution is 0.206. The lowest BCUT2D eigenvalue weighted by Crippen LogP contribution is -2.15. The standard InChI is InChI=1S/C14H23NO2/c1-5-7-10(2)17-13-9-6-8-12(16-4)14(13)11(3)15/h6,8-11H,5,7,15H2,1-4H3/t10?,11-/m0/s1. The Morgan fingerprint density at radius 2 is 1.88 bits per heavy atom. The van der Waals surface area contributed by atoms with Crippen molar-refractivity contribution >= 4 is 0 Å². The summed E-state index contributed by atoms with van der Waals surface area (Å²) in [6, 6.07) is 5.69. The molecule has 0 fully saturated rings. The molecule has 1 rings (SSSR count). The van der Waals surface area contributed by atoms with Crippen LogP contribution in [0.2, 0.25) is 0 Å². The first-order valence-corrected chi connectivity index (χ1v) is 6.19. The first-order chi connectivity index (χ1) is 8.10. The zero-order valence-electron chi connectivity index (χ0n) is 11.2. The van der Waals surface area contributed by atoms with E-state index in [0.717, 1.165) is 29.9 Å². The summed E-state index contributed by atoms with van der Waals surface area (Å²) >= 11 is 0. The van der Waals surface area contributed by atoms with E-state index >= 15 is 0 Å². The Balaban J connectivity index is 2.97. The smallest absolute Gasteiger partial charge is 0.128 e. The van der Waals surface area contributed by atoms with Crippen molar-refractivity contribution in [2.24, 2.45) is 5.73 Å². The molecule has 0 radical (unpaired) electrons. The van der Waals surface area contributed by atoms with Crippen molar-refractivity contribution in [3.63, 3.8) is 0 Å². The Bertz CT molecular complexity index is 350. The van der Waals surface area contributed by atoms with E-state index in [9.17, 15) is 0 Å². The van der Waals surface area contributed by atoms with Gasteiger partial charge in [-0.2, -0.15) is 0 Å². The number of rotatable bonds is 6. The Labute approximate surface area is 104 Å². The molecule has 0 aromatic heterocycles. The van der Waals surface area contributed by atoms with Gasteiger partial charge in [0.25, 0.3) is 0 Å². The number of hydrogen-bond acceptors (Lipinski definition) is 3. The van der Waals surface area contributed by atoms with Crippen molar-refractivity contribution in [1.29, 1.82) is 0 Å². The summed E-state index contributed by atoms with van der Waals surface area (Å²) < 4.78 is 11.3. The van der Waals surface area contributed by atoms with E-state index in [2.05, 4.69) is 13.8 Å². The van der Waals surface area contributed by atoms with Gasteiger partial charge < -0.3 is 15.2 Å². The fraction of sp³-hybridized carbons (Fsp3) is 0.571. The highest BCUT2D eigenvalue weighted by Crippen LogP contribution is 2.33. The molecule has 2 N–H and O–H groups in total. The fourth-order valence-corrected chi connectivity index (χ4v) is 1.94. The van der Waals surface area contributed by atoms with Gasteiger partial charge in [0.2, 0.25) is 0 Å². The number of methoxy groups -OCH3 is 1. The molecule has 0 spiro atoms. The third kappa shape index (κ3) is 3.63.